The topological polar surface area (TPSA) is 79.5 Å². The Morgan fingerprint density at radius 3 is 2.50 bits per heavy atom. The van der Waals surface area contributed by atoms with Gasteiger partial charge in [0.25, 0.3) is 11.8 Å². The number of carbonyl (C=O) groups excluding carboxylic acids is 2. The number of thiocarbonyl (C=S) groups is 1. The van der Waals surface area contributed by atoms with Gasteiger partial charge in [0, 0.05) is 10.6 Å². The summed E-state index contributed by atoms with van der Waals surface area (Å²) in [6.45, 7) is 1.54. The largest absolute Gasteiger partial charge is 0.483 e. The van der Waals surface area contributed by atoms with Gasteiger partial charge in [-0.25, -0.2) is 4.39 Å². The molecule has 0 aliphatic carbocycles. The van der Waals surface area contributed by atoms with Crippen molar-refractivity contribution < 1.29 is 18.7 Å². The summed E-state index contributed by atoms with van der Waals surface area (Å²) in [7, 11) is 0. The normalized spacial score (nSPS) is 9.96. The minimum absolute atomic E-state index is 0.115. The molecule has 0 heterocycles. The van der Waals surface area contributed by atoms with Crippen LogP contribution in [0.5, 0.6) is 5.75 Å². The second kappa shape index (κ2) is 9.12. The van der Waals surface area contributed by atoms with E-state index < -0.39 is 17.6 Å². The van der Waals surface area contributed by atoms with Crippen molar-refractivity contribution in [1.29, 1.82) is 0 Å². The molecule has 0 saturated heterocycles. The lowest BCUT2D eigenvalue weighted by molar-refractivity contribution is -0.123. The molecule has 0 aliphatic heterocycles. The number of benzene rings is 2. The van der Waals surface area contributed by atoms with Gasteiger partial charge < -0.3 is 4.74 Å². The highest BCUT2D eigenvalue weighted by Crippen LogP contribution is 2.21. The average Bonchev–Trinajstić information content (AvgIpc) is 2.59. The number of hydrogen-bond acceptors (Lipinski definition) is 4. The highest BCUT2D eigenvalue weighted by Gasteiger charge is 2.09. The fourth-order valence-electron chi connectivity index (χ4n) is 1.89. The summed E-state index contributed by atoms with van der Waals surface area (Å²) in [6.07, 6.45) is 0. The van der Waals surface area contributed by atoms with Crippen LogP contribution in [0.25, 0.3) is 0 Å². The van der Waals surface area contributed by atoms with Gasteiger partial charge >= 0.3 is 0 Å². The molecule has 0 aliphatic rings. The molecule has 0 unspecified atom stereocenters. The van der Waals surface area contributed by atoms with Crippen LogP contribution in [0.4, 0.5) is 4.39 Å². The van der Waals surface area contributed by atoms with Crippen LogP contribution in [0.1, 0.15) is 15.9 Å². The smallest absolute Gasteiger partial charge is 0.276 e. The minimum atomic E-state index is -0.537. The van der Waals surface area contributed by atoms with Crippen LogP contribution in [-0.4, -0.2) is 23.5 Å². The minimum Gasteiger partial charge on any atom is -0.483 e. The molecule has 0 bridgehead atoms. The molecule has 0 aromatic heterocycles. The Bertz CT molecular complexity index is 831. The standard InChI is InChI=1S/C17H15ClFN3O3S/c1-10-8-12(18)4-7-14(10)25-9-15(23)21-22-17(26)20-16(24)11-2-5-13(19)6-3-11/h2-8H,9H2,1H3,(H,21,23)(H2,20,22,24,26). The Labute approximate surface area is 159 Å². The molecule has 26 heavy (non-hydrogen) atoms. The SMILES string of the molecule is Cc1cc(Cl)ccc1OCC(=O)NNC(=S)NC(=O)c1ccc(F)cc1. The van der Waals surface area contributed by atoms with Gasteiger partial charge in [0.05, 0.1) is 0 Å². The zero-order valence-electron chi connectivity index (χ0n) is 13.6. The van der Waals surface area contributed by atoms with Crippen molar-refractivity contribution in [3.63, 3.8) is 0 Å². The van der Waals surface area contributed by atoms with E-state index in [0.717, 1.165) is 17.7 Å². The molecular formula is C17H15ClFN3O3S. The molecule has 0 fully saturated rings. The van der Waals surface area contributed by atoms with Gasteiger partial charge in [-0.05, 0) is 67.2 Å². The summed E-state index contributed by atoms with van der Waals surface area (Å²) in [4.78, 5) is 23.6. The van der Waals surface area contributed by atoms with E-state index in [9.17, 15) is 14.0 Å². The lowest BCUT2D eigenvalue weighted by Gasteiger charge is -2.12. The van der Waals surface area contributed by atoms with E-state index in [1.54, 1.807) is 25.1 Å². The lowest BCUT2D eigenvalue weighted by Crippen LogP contribution is -2.49. The Hall–Kier alpha value is -2.71. The van der Waals surface area contributed by atoms with Gasteiger partial charge in [0.15, 0.2) is 11.7 Å². The predicted molar refractivity (Wildman–Crippen MR) is 99.4 cm³/mol. The number of amides is 2. The molecule has 2 amide bonds. The summed E-state index contributed by atoms with van der Waals surface area (Å²) < 4.78 is 18.2. The Kier molecular flexibility index (Phi) is 6.88. The van der Waals surface area contributed by atoms with Crippen LogP contribution in [-0.2, 0) is 4.79 Å². The van der Waals surface area contributed by atoms with Crippen LogP contribution in [0, 0.1) is 12.7 Å². The van der Waals surface area contributed by atoms with E-state index in [1.165, 1.54) is 12.1 Å². The van der Waals surface area contributed by atoms with Crippen molar-refractivity contribution in [2.75, 3.05) is 6.61 Å². The van der Waals surface area contributed by atoms with Crippen molar-refractivity contribution in [3.05, 3.63) is 64.4 Å². The maximum atomic E-state index is 12.8. The fourth-order valence-corrected chi connectivity index (χ4v) is 2.26. The number of hydrazine groups is 1. The van der Waals surface area contributed by atoms with Crippen LogP contribution < -0.4 is 20.9 Å². The van der Waals surface area contributed by atoms with Gasteiger partial charge in [0.2, 0.25) is 0 Å². The number of rotatable bonds is 4. The molecule has 0 spiro atoms. The van der Waals surface area contributed by atoms with Crippen LogP contribution >= 0.6 is 23.8 Å². The highest BCUT2D eigenvalue weighted by molar-refractivity contribution is 7.80. The van der Waals surface area contributed by atoms with Gasteiger partial charge in [-0.3, -0.25) is 25.8 Å². The first-order chi connectivity index (χ1) is 12.3. The predicted octanol–water partition coefficient (Wildman–Crippen LogP) is 2.50. The van der Waals surface area contributed by atoms with Crippen molar-refractivity contribution in [2.24, 2.45) is 0 Å². The van der Waals surface area contributed by atoms with Gasteiger partial charge in [0.1, 0.15) is 11.6 Å². The van der Waals surface area contributed by atoms with Crippen LogP contribution in [0.15, 0.2) is 42.5 Å². The highest BCUT2D eigenvalue weighted by atomic mass is 35.5. The quantitative estimate of drug-likeness (QED) is 0.547. The summed E-state index contributed by atoms with van der Waals surface area (Å²) in [6, 6.07) is 9.97. The van der Waals surface area contributed by atoms with E-state index in [0.29, 0.717) is 10.8 Å². The van der Waals surface area contributed by atoms with Crippen LogP contribution in [0.2, 0.25) is 5.02 Å². The molecule has 2 aromatic carbocycles. The first-order valence-corrected chi connectivity index (χ1v) is 8.18. The Balaban J connectivity index is 1.75. The summed E-state index contributed by atoms with van der Waals surface area (Å²) in [5.41, 5.74) is 5.69. The third-order valence-electron chi connectivity index (χ3n) is 3.14. The first-order valence-electron chi connectivity index (χ1n) is 7.40. The van der Waals surface area contributed by atoms with Crippen molar-refractivity contribution in [2.45, 2.75) is 6.92 Å². The maximum absolute atomic E-state index is 12.8. The molecule has 2 aromatic rings. The van der Waals surface area contributed by atoms with Crippen molar-refractivity contribution in [3.8, 4) is 5.75 Å². The van der Waals surface area contributed by atoms with E-state index >= 15 is 0 Å². The number of hydrogen-bond donors (Lipinski definition) is 3. The molecule has 0 radical (unpaired) electrons. The summed E-state index contributed by atoms with van der Waals surface area (Å²) in [5.74, 6) is -0.968. The Morgan fingerprint density at radius 2 is 1.85 bits per heavy atom. The molecule has 0 atom stereocenters. The second-order valence-electron chi connectivity index (χ2n) is 5.16. The van der Waals surface area contributed by atoms with Crippen LogP contribution in [0.3, 0.4) is 0 Å². The lowest BCUT2D eigenvalue weighted by atomic mass is 10.2. The van der Waals surface area contributed by atoms with Gasteiger partial charge in [-0.2, -0.15) is 0 Å². The molecule has 136 valence electrons. The van der Waals surface area contributed by atoms with E-state index in [4.69, 9.17) is 28.6 Å². The number of halogens is 2. The number of carbonyl (C=O) groups is 2. The zero-order chi connectivity index (χ0) is 19.1. The molecule has 3 N–H and O–H groups in total. The third-order valence-corrected chi connectivity index (χ3v) is 3.58. The summed E-state index contributed by atoms with van der Waals surface area (Å²) in [5, 5.41) is 2.81. The van der Waals surface area contributed by atoms with E-state index in [1.807, 2.05) is 0 Å². The van der Waals surface area contributed by atoms with E-state index in [2.05, 4.69) is 16.2 Å². The fraction of sp³-hybridized carbons (Fsp3) is 0.118. The molecule has 2 rings (SSSR count). The second-order valence-corrected chi connectivity index (χ2v) is 6.01. The zero-order valence-corrected chi connectivity index (χ0v) is 15.2. The third kappa shape index (κ3) is 5.98. The average molecular weight is 396 g/mol. The van der Waals surface area contributed by atoms with Gasteiger partial charge in [-0.1, -0.05) is 11.6 Å². The first kappa shape index (κ1) is 19.6. The van der Waals surface area contributed by atoms with E-state index in [-0.39, 0.29) is 17.3 Å². The molecule has 0 saturated carbocycles. The van der Waals surface area contributed by atoms with Crippen molar-refractivity contribution >= 4 is 40.7 Å². The number of ether oxygens (including phenoxy) is 1. The summed E-state index contributed by atoms with van der Waals surface area (Å²) >= 11 is 10.7. The molecule has 6 nitrogen and oxygen atoms in total. The number of aryl methyl sites for hydroxylation is 1. The monoisotopic (exact) mass is 395 g/mol. The molecule has 9 heteroatoms. The van der Waals surface area contributed by atoms with Gasteiger partial charge in [-0.15, -0.1) is 0 Å². The Morgan fingerprint density at radius 1 is 1.15 bits per heavy atom. The van der Waals surface area contributed by atoms with Crippen molar-refractivity contribution in [1.82, 2.24) is 16.2 Å². The maximum Gasteiger partial charge on any atom is 0.276 e. The number of nitrogens with one attached hydrogen (secondary N) is 3. The molecular weight excluding hydrogens is 381 g/mol.